The fraction of sp³-hybridized carbons (Fsp3) is 0.269. The third-order valence-electron chi connectivity index (χ3n) is 5.31. The van der Waals surface area contributed by atoms with Gasteiger partial charge in [-0.1, -0.05) is 56.3 Å². The van der Waals surface area contributed by atoms with Gasteiger partial charge in [-0.15, -0.1) is 0 Å². The zero-order valence-electron chi connectivity index (χ0n) is 17.8. The first-order valence-electron chi connectivity index (χ1n) is 10.1. The Morgan fingerprint density at radius 3 is 2.07 bits per heavy atom. The predicted octanol–water partition coefficient (Wildman–Crippen LogP) is 6.29. The van der Waals surface area contributed by atoms with Crippen molar-refractivity contribution in [2.75, 3.05) is 7.11 Å². The SMILES string of the molecule is COc1cc(C)c([C@H](C)NC(=O)c2ccc(-c3ccccc3)cc2)cc1C(C)C. The molecule has 1 amide bonds. The van der Waals surface area contributed by atoms with E-state index >= 15 is 0 Å². The van der Waals surface area contributed by atoms with Crippen LogP contribution in [0, 0.1) is 6.92 Å². The quantitative estimate of drug-likeness (QED) is 0.540. The number of methoxy groups -OCH3 is 1. The average molecular weight is 388 g/mol. The van der Waals surface area contributed by atoms with Crippen molar-refractivity contribution in [1.29, 1.82) is 0 Å². The largest absolute Gasteiger partial charge is 0.496 e. The predicted molar refractivity (Wildman–Crippen MR) is 120 cm³/mol. The van der Waals surface area contributed by atoms with Crippen LogP contribution in [0.4, 0.5) is 0 Å². The van der Waals surface area contributed by atoms with Gasteiger partial charge in [0.2, 0.25) is 0 Å². The van der Waals surface area contributed by atoms with Crippen molar-refractivity contribution in [3.63, 3.8) is 0 Å². The normalized spacial score (nSPS) is 11.9. The summed E-state index contributed by atoms with van der Waals surface area (Å²) >= 11 is 0. The molecule has 1 atom stereocenters. The number of hydrogen-bond donors (Lipinski definition) is 1. The first kappa shape index (κ1) is 20.7. The van der Waals surface area contributed by atoms with E-state index in [0.29, 0.717) is 11.5 Å². The molecule has 0 aliphatic carbocycles. The number of hydrogen-bond acceptors (Lipinski definition) is 2. The molecular weight excluding hydrogens is 358 g/mol. The van der Waals surface area contributed by atoms with Gasteiger partial charge >= 0.3 is 0 Å². The van der Waals surface area contributed by atoms with Crippen molar-refractivity contribution in [3.05, 3.63) is 89.0 Å². The summed E-state index contributed by atoms with van der Waals surface area (Å²) < 4.78 is 5.53. The summed E-state index contributed by atoms with van der Waals surface area (Å²) in [7, 11) is 1.70. The number of rotatable bonds is 6. The van der Waals surface area contributed by atoms with Crippen LogP contribution in [-0.4, -0.2) is 13.0 Å². The molecule has 0 aliphatic rings. The highest BCUT2D eigenvalue weighted by molar-refractivity contribution is 5.95. The van der Waals surface area contributed by atoms with Crippen LogP contribution in [0.5, 0.6) is 5.75 Å². The van der Waals surface area contributed by atoms with E-state index in [0.717, 1.165) is 33.6 Å². The van der Waals surface area contributed by atoms with Gasteiger partial charge in [0.15, 0.2) is 0 Å². The number of ether oxygens (including phenoxy) is 1. The summed E-state index contributed by atoms with van der Waals surface area (Å²) in [5, 5.41) is 3.14. The molecule has 1 N–H and O–H groups in total. The lowest BCUT2D eigenvalue weighted by atomic mass is 9.93. The number of nitrogens with one attached hydrogen (secondary N) is 1. The molecule has 0 heterocycles. The molecule has 0 unspecified atom stereocenters. The number of aryl methyl sites for hydroxylation is 1. The van der Waals surface area contributed by atoms with E-state index in [1.54, 1.807) is 7.11 Å². The average Bonchev–Trinajstić information content (AvgIpc) is 2.73. The molecule has 0 fully saturated rings. The number of carbonyl (C=O) groups excluding carboxylic acids is 1. The summed E-state index contributed by atoms with van der Waals surface area (Å²) in [6, 6.07) is 22.0. The first-order chi connectivity index (χ1) is 13.9. The van der Waals surface area contributed by atoms with E-state index in [1.165, 1.54) is 0 Å². The maximum Gasteiger partial charge on any atom is 0.251 e. The van der Waals surface area contributed by atoms with E-state index in [2.05, 4.69) is 50.4 Å². The van der Waals surface area contributed by atoms with Gasteiger partial charge < -0.3 is 10.1 Å². The number of benzene rings is 3. The van der Waals surface area contributed by atoms with Crippen LogP contribution in [0.1, 0.15) is 59.8 Å². The number of carbonyl (C=O) groups is 1. The maximum atomic E-state index is 12.8. The van der Waals surface area contributed by atoms with E-state index in [4.69, 9.17) is 4.74 Å². The maximum absolute atomic E-state index is 12.8. The summed E-state index contributed by atoms with van der Waals surface area (Å²) in [4.78, 5) is 12.8. The lowest BCUT2D eigenvalue weighted by Gasteiger charge is -2.21. The molecule has 0 saturated heterocycles. The fourth-order valence-corrected chi connectivity index (χ4v) is 3.61. The Bertz CT molecular complexity index is 976. The second-order valence-corrected chi connectivity index (χ2v) is 7.74. The van der Waals surface area contributed by atoms with Crippen LogP contribution < -0.4 is 10.1 Å². The Balaban J connectivity index is 1.78. The number of amides is 1. The minimum atomic E-state index is -0.0975. The first-order valence-corrected chi connectivity index (χ1v) is 10.1. The molecule has 0 saturated carbocycles. The summed E-state index contributed by atoms with van der Waals surface area (Å²) in [6.07, 6.45) is 0. The third kappa shape index (κ3) is 4.68. The Morgan fingerprint density at radius 2 is 1.48 bits per heavy atom. The van der Waals surface area contributed by atoms with E-state index in [9.17, 15) is 4.79 Å². The Labute approximate surface area is 173 Å². The zero-order valence-corrected chi connectivity index (χ0v) is 17.8. The summed E-state index contributed by atoms with van der Waals surface area (Å²) in [5.74, 6) is 1.17. The van der Waals surface area contributed by atoms with Crippen LogP contribution in [0.15, 0.2) is 66.7 Å². The Kier molecular flexibility index (Phi) is 6.38. The van der Waals surface area contributed by atoms with Crippen LogP contribution in [-0.2, 0) is 0 Å². The van der Waals surface area contributed by atoms with Gasteiger partial charge in [-0.3, -0.25) is 4.79 Å². The second-order valence-electron chi connectivity index (χ2n) is 7.74. The molecule has 29 heavy (non-hydrogen) atoms. The van der Waals surface area contributed by atoms with Crippen LogP contribution in [0.2, 0.25) is 0 Å². The smallest absolute Gasteiger partial charge is 0.251 e. The van der Waals surface area contributed by atoms with Gasteiger partial charge in [-0.25, -0.2) is 0 Å². The van der Waals surface area contributed by atoms with Crippen molar-refractivity contribution in [1.82, 2.24) is 5.32 Å². The topological polar surface area (TPSA) is 38.3 Å². The summed E-state index contributed by atoms with van der Waals surface area (Å²) in [6.45, 7) is 8.37. The molecule has 0 spiro atoms. The highest BCUT2D eigenvalue weighted by Gasteiger charge is 2.17. The molecule has 0 aliphatic heterocycles. The van der Waals surface area contributed by atoms with Gasteiger partial charge in [0.25, 0.3) is 5.91 Å². The molecule has 3 aromatic rings. The minimum Gasteiger partial charge on any atom is -0.496 e. The molecule has 3 heteroatoms. The van der Waals surface area contributed by atoms with Gasteiger partial charge in [-0.2, -0.15) is 0 Å². The van der Waals surface area contributed by atoms with Crippen LogP contribution in [0.3, 0.4) is 0 Å². The summed E-state index contributed by atoms with van der Waals surface area (Å²) in [5.41, 5.74) is 6.28. The van der Waals surface area contributed by atoms with E-state index in [1.807, 2.05) is 49.4 Å². The molecule has 3 aromatic carbocycles. The van der Waals surface area contributed by atoms with Crippen molar-refractivity contribution in [2.45, 2.75) is 39.7 Å². The van der Waals surface area contributed by atoms with Gasteiger partial charge in [0.05, 0.1) is 13.2 Å². The molecule has 3 rings (SSSR count). The van der Waals surface area contributed by atoms with E-state index in [-0.39, 0.29) is 11.9 Å². The Hall–Kier alpha value is -3.07. The van der Waals surface area contributed by atoms with Crippen molar-refractivity contribution in [3.8, 4) is 16.9 Å². The lowest BCUT2D eigenvalue weighted by molar-refractivity contribution is 0.0940. The zero-order chi connectivity index (χ0) is 21.0. The lowest BCUT2D eigenvalue weighted by Crippen LogP contribution is -2.27. The van der Waals surface area contributed by atoms with Crippen molar-refractivity contribution in [2.24, 2.45) is 0 Å². The molecule has 150 valence electrons. The third-order valence-corrected chi connectivity index (χ3v) is 5.31. The highest BCUT2D eigenvalue weighted by Crippen LogP contribution is 2.32. The van der Waals surface area contributed by atoms with Crippen molar-refractivity contribution < 1.29 is 9.53 Å². The van der Waals surface area contributed by atoms with Gasteiger partial charge in [-0.05, 0) is 71.8 Å². The van der Waals surface area contributed by atoms with Crippen LogP contribution in [0.25, 0.3) is 11.1 Å². The van der Waals surface area contributed by atoms with E-state index < -0.39 is 0 Å². The van der Waals surface area contributed by atoms with Gasteiger partial charge in [0.1, 0.15) is 5.75 Å². The molecular formula is C26H29NO2. The molecule has 3 nitrogen and oxygen atoms in total. The molecule has 0 radical (unpaired) electrons. The fourth-order valence-electron chi connectivity index (χ4n) is 3.61. The highest BCUT2D eigenvalue weighted by atomic mass is 16.5. The molecule has 0 aromatic heterocycles. The van der Waals surface area contributed by atoms with Crippen LogP contribution >= 0.6 is 0 Å². The minimum absolute atomic E-state index is 0.0709. The standard InChI is InChI=1S/C26H29NO2/c1-17(2)23-16-24(18(3)15-25(23)29-5)19(4)27-26(28)22-13-11-21(12-14-22)20-9-7-6-8-10-20/h6-17,19H,1-5H3,(H,27,28)/t19-/m0/s1. The second kappa shape index (κ2) is 8.95. The molecule has 0 bridgehead atoms. The Morgan fingerprint density at radius 1 is 0.862 bits per heavy atom. The monoisotopic (exact) mass is 387 g/mol. The van der Waals surface area contributed by atoms with Crippen molar-refractivity contribution >= 4 is 5.91 Å². The van der Waals surface area contributed by atoms with Gasteiger partial charge in [0, 0.05) is 5.56 Å².